The molecule has 0 amide bonds. The van der Waals surface area contributed by atoms with Crippen molar-refractivity contribution in [1.29, 1.82) is 10.5 Å². The number of nitrogens with zero attached hydrogens (tertiary/aromatic N) is 4. The average Bonchev–Trinajstić information content (AvgIpc) is 2.47. The molecular formula is C14H16N4. The summed E-state index contributed by atoms with van der Waals surface area (Å²) in [6.07, 6.45) is 12.8. The zero-order chi connectivity index (χ0) is 12.9. The SMILES string of the molecule is N#CC1(N=NC2(C#N)C=CCCC2)C=CCCC1. The summed E-state index contributed by atoms with van der Waals surface area (Å²) < 4.78 is 0. The van der Waals surface area contributed by atoms with E-state index in [0.29, 0.717) is 12.8 Å². The average molecular weight is 240 g/mol. The largest absolute Gasteiger partial charge is 0.195 e. The van der Waals surface area contributed by atoms with E-state index in [-0.39, 0.29) is 0 Å². The molecule has 4 heteroatoms. The van der Waals surface area contributed by atoms with Crippen molar-refractivity contribution in [3.8, 4) is 12.1 Å². The summed E-state index contributed by atoms with van der Waals surface area (Å²) in [6.45, 7) is 0. The molecule has 0 aromatic rings. The van der Waals surface area contributed by atoms with Crippen LogP contribution in [0.2, 0.25) is 0 Å². The van der Waals surface area contributed by atoms with Crippen molar-refractivity contribution in [2.24, 2.45) is 10.2 Å². The highest BCUT2D eigenvalue weighted by molar-refractivity contribution is 5.25. The van der Waals surface area contributed by atoms with E-state index >= 15 is 0 Å². The van der Waals surface area contributed by atoms with Crippen molar-refractivity contribution in [3.63, 3.8) is 0 Å². The lowest BCUT2D eigenvalue weighted by Crippen LogP contribution is -2.27. The molecule has 0 fully saturated rings. The van der Waals surface area contributed by atoms with Crippen LogP contribution in [0.1, 0.15) is 38.5 Å². The lowest BCUT2D eigenvalue weighted by Gasteiger charge is -2.24. The maximum Gasteiger partial charge on any atom is 0.185 e. The van der Waals surface area contributed by atoms with Crippen molar-refractivity contribution in [3.05, 3.63) is 24.3 Å². The highest BCUT2D eigenvalue weighted by atomic mass is 15.2. The minimum Gasteiger partial charge on any atom is -0.195 e. The Morgan fingerprint density at radius 1 is 0.833 bits per heavy atom. The van der Waals surface area contributed by atoms with Gasteiger partial charge in [-0.25, -0.2) is 0 Å². The molecule has 0 aromatic carbocycles. The van der Waals surface area contributed by atoms with Crippen LogP contribution in [-0.4, -0.2) is 11.1 Å². The molecule has 0 aromatic heterocycles. The lowest BCUT2D eigenvalue weighted by molar-refractivity contribution is 0.469. The maximum absolute atomic E-state index is 9.27. The smallest absolute Gasteiger partial charge is 0.185 e. The second-order valence-corrected chi connectivity index (χ2v) is 4.86. The van der Waals surface area contributed by atoms with Crippen molar-refractivity contribution in [2.75, 3.05) is 0 Å². The first-order valence-corrected chi connectivity index (χ1v) is 6.36. The summed E-state index contributed by atoms with van der Waals surface area (Å²) in [4.78, 5) is 0. The Morgan fingerprint density at radius 2 is 1.28 bits per heavy atom. The number of allylic oxidation sites excluding steroid dienone is 2. The van der Waals surface area contributed by atoms with Gasteiger partial charge in [0.05, 0.1) is 12.1 Å². The first kappa shape index (κ1) is 12.5. The summed E-state index contributed by atoms with van der Waals surface area (Å²) in [7, 11) is 0. The second kappa shape index (κ2) is 5.14. The highest BCUT2D eigenvalue weighted by Crippen LogP contribution is 2.30. The van der Waals surface area contributed by atoms with E-state index in [1.165, 1.54) is 0 Å². The van der Waals surface area contributed by atoms with Crippen LogP contribution in [0.4, 0.5) is 0 Å². The summed E-state index contributed by atoms with van der Waals surface area (Å²) in [5.74, 6) is 0. The number of hydrogen-bond donors (Lipinski definition) is 0. The van der Waals surface area contributed by atoms with E-state index in [9.17, 15) is 10.5 Å². The molecule has 18 heavy (non-hydrogen) atoms. The monoisotopic (exact) mass is 240 g/mol. The quantitative estimate of drug-likeness (QED) is 0.547. The van der Waals surface area contributed by atoms with Gasteiger partial charge in [0.2, 0.25) is 0 Å². The van der Waals surface area contributed by atoms with Gasteiger partial charge in [-0.3, -0.25) is 0 Å². The van der Waals surface area contributed by atoms with Crippen molar-refractivity contribution >= 4 is 0 Å². The van der Waals surface area contributed by atoms with Crippen LogP contribution in [0.15, 0.2) is 34.5 Å². The van der Waals surface area contributed by atoms with E-state index in [2.05, 4.69) is 22.4 Å². The predicted octanol–water partition coefficient (Wildman–Crippen LogP) is 3.44. The molecular weight excluding hydrogens is 224 g/mol. The van der Waals surface area contributed by atoms with Gasteiger partial charge in [-0.05, 0) is 50.7 Å². The van der Waals surface area contributed by atoms with Gasteiger partial charge in [-0.2, -0.15) is 20.8 Å². The van der Waals surface area contributed by atoms with Gasteiger partial charge in [-0.15, -0.1) is 0 Å². The molecule has 4 nitrogen and oxygen atoms in total. The zero-order valence-corrected chi connectivity index (χ0v) is 10.3. The van der Waals surface area contributed by atoms with Crippen LogP contribution in [-0.2, 0) is 0 Å². The highest BCUT2D eigenvalue weighted by Gasteiger charge is 2.33. The van der Waals surface area contributed by atoms with Crippen LogP contribution >= 0.6 is 0 Å². The zero-order valence-electron chi connectivity index (χ0n) is 10.3. The van der Waals surface area contributed by atoms with Gasteiger partial charge in [-0.1, -0.05) is 12.2 Å². The minimum atomic E-state index is -0.854. The third-order valence-electron chi connectivity index (χ3n) is 3.44. The topological polar surface area (TPSA) is 72.3 Å². The molecule has 0 saturated carbocycles. The van der Waals surface area contributed by atoms with Crippen LogP contribution in [0.25, 0.3) is 0 Å². The third kappa shape index (κ3) is 2.49. The number of rotatable bonds is 2. The molecule has 2 unspecified atom stereocenters. The Balaban J connectivity index is 2.24. The molecule has 92 valence electrons. The van der Waals surface area contributed by atoms with Crippen LogP contribution in [0.5, 0.6) is 0 Å². The standard InChI is InChI=1S/C14H16N4/c15-11-13(7-3-1-4-8-13)17-18-14(12-16)9-5-2-6-10-14/h3,5,7,9H,1-2,4,6,8,10H2. The molecule has 0 N–H and O–H groups in total. The fourth-order valence-corrected chi connectivity index (χ4v) is 2.28. The molecule has 2 aliphatic rings. The van der Waals surface area contributed by atoms with Crippen LogP contribution < -0.4 is 0 Å². The van der Waals surface area contributed by atoms with Gasteiger partial charge in [0.25, 0.3) is 0 Å². The Morgan fingerprint density at radius 3 is 1.56 bits per heavy atom. The van der Waals surface area contributed by atoms with E-state index in [0.717, 1.165) is 25.7 Å². The molecule has 0 spiro atoms. The van der Waals surface area contributed by atoms with Crippen LogP contribution in [0, 0.1) is 22.7 Å². The number of nitriles is 2. The molecule has 0 aliphatic heterocycles. The number of hydrogen-bond acceptors (Lipinski definition) is 4. The van der Waals surface area contributed by atoms with Crippen molar-refractivity contribution in [2.45, 2.75) is 49.6 Å². The molecule has 0 heterocycles. The van der Waals surface area contributed by atoms with Gasteiger partial charge >= 0.3 is 0 Å². The molecule has 2 aliphatic carbocycles. The summed E-state index contributed by atoms with van der Waals surface area (Å²) in [6, 6.07) is 4.44. The van der Waals surface area contributed by atoms with Gasteiger partial charge < -0.3 is 0 Å². The van der Waals surface area contributed by atoms with Crippen LogP contribution in [0.3, 0.4) is 0 Å². The molecule has 0 radical (unpaired) electrons. The summed E-state index contributed by atoms with van der Waals surface area (Å²) in [5.41, 5.74) is -1.71. The fourth-order valence-electron chi connectivity index (χ4n) is 2.28. The Labute approximate surface area is 107 Å². The Hall–Kier alpha value is -1.94. The predicted molar refractivity (Wildman–Crippen MR) is 67.5 cm³/mol. The van der Waals surface area contributed by atoms with E-state index in [1.54, 1.807) is 0 Å². The number of azo groups is 1. The maximum atomic E-state index is 9.27. The van der Waals surface area contributed by atoms with Gasteiger partial charge in [0, 0.05) is 0 Å². The van der Waals surface area contributed by atoms with Gasteiger partial charge in [0.1, 0.15) is 0 Å². The third-order valence-corrected chi connectivity index (χ3v) is 3.44. The first-order valence-electron chi connectivity index (χ1n) is 6.36. The van der Waals surface area contributed by atoms with Crippen molar-refractivity contribution in [1.82, 2.24) is 0 Å². The second-order valence-electron chi connectivity index (χ2n) is 4.86. The van der Waals surface area contributed by atoms with E-state index in [4.69, 9.17) is 0 Å². The van der Waals surface area contributed by atoms with Crippen molar-refractivity contribution < 1.29 is 0 Å². The fraction of sp³-hybridized carbons (Fsp3) is 0.571. The minimum absolute atomic E-state index is 0.689. The molecule has 0 saturated heterocycles. The first-order chi connectivity index (χ1) is 8.74. The Bertz CT molecular complexity index is 433. The lowest BCUT2D eigenvalue weighted by atomic mass is 9.89. The normalized spacial score (nSPS) is 35.2. The summed E-state index contributed by atoms with van der Waals surface area (Å²) >= 11 is 0. The Kier molecular flexibility index (Phi) is 3.58. The van der Waals surface area contributed by atoms with E-state index < -0.39 is 11.1 Å². The molecule has 0 bridgehead atoms. The van der Waals surface area contributed by atoms with Gasteiger partial charge in [0.15, 0.2) is 11.1 Å². The molecule has 2 rings (SSSR count). The summed E-state index contributed by atoms with van der Waals surface area (Å²) in [5, 5.41) is 26.9. The molecule has 2 atom stereocenters. The van der Waals surface area contributed by atoms with E-state index in [1.807, 2.05) is 24.3 Å².